The molecule has 2 aromatic rings. The van der Waals surface area contributed by atoms with Gasteiger partial charge in [-0.1, -0.05) is 17.7 Å². The molecule has 0 unspecified atom stereocenters. The largest absolute Gasteiger partial charge is 0.321 e. The van der Waals surface area contributed by atoms with Crippen LogP contribution in [0.4, 0.5) is 5.69 Å². The summed E-state index contributed by atoms with van der Waals surface area (Å²) in [5.74, 6) is -0.435. The van der Waals surface area contributed by atoms with Crippen LogP contribution in [0.5, 0.6) is 0 Å². The van der Waals surface area contributed by atoms with Crippen molar-refractivity contribution in [3.8, 4) is 6.07 Å². The summed E-state index contributed by atoms with van der Waals surface area (Å²) in [7, 11) is 0. The highest BCUT2D eigenvalue weighted by atomic mass is 35.5. The number of anilines is 1. The zero-order chi connectivity index (χ0) is 15.4. The van der Waals surface area contributed by atoms with E-state index in [0.717, 1.165) is 16.0 Å². The average molecular weight is 317 g/mol. The molecule has 2 rings (SSSR count). The Morgan fingerprint density at radius 1 is 1.38 bits per heavy atom. The number of nitrogens with one attached hydrogen (secondary N) is 1. The van der Waals surface area contributed by atoms with E-state index in [1.165, 1.54) is 11.3 Å². The molecule has 0 aliphatic carbocycles. The minimum Gasteiger partial charge on any atom is -0.321 e. The number of thiophene rings is 1. The minimum atomic E-state index is -0.435. The maximum Gasteiger partial charge on any atom is 0.266 e. The van der Waals surface area contributed by atoms with Gasteiger partial charge in [-0.25, -0.2) is 0 Å². The number of amides is 1. The SMILES string of the molecule is Cc1ccsc1C=C(C#N)C(=O)Nc1cccc(Cl)c1C. The molecule has 1 N–H and O–H groups in total. The van der Waals surface area contributed by atoms with Crippen molar-refractivity contribution in [2.75, 3.05) is 5.32 Å². The molecule has 0 fully saturated rings. The Balaban J connectivity index is 2.26. The van der Waals surface area contributed by atoms with Crippen LogP contribution in [0.3, 0.4) is 0 Å². The number of rotatable bonds is 3. The van der Waals surface area contributed by atoms with Crippen LogP contribution in [0.1, 0.15) is 16.0 Å². The average Bonchev–Trinajstić information content (AvgIpc) is 2.86. The Kier molecular flexibility index (Phi) is 4.79. The summed E-state index contributed by atoms with van der Waals surface area (Å²) in [6, 6.07) is 9.15. The molecule has 1 amide bonds. The summed E-state index contributed by atoms with van der Waals surface area (Å²) in [6.45, 7) is 3.76. The zero-order valence-corrected chi connectivity index (χ0v) is 13.2. The van der Waals surface area contributed by atoms with Gasteiger partial charge in [-0.2, -0.15) is 5.26 Å². The normalized spacial score (nSPS) is 11.0. The summed E-state index contributed by atoms with van der Waals surface area (Å²) >= 11 is 7.51. The molecule has 0 saturated heterocycles. The van der Waals surface area contributed by atoms with Crippen molar-refractivity contribution in [1.29, 1.82) is 5.26 Å². The second-order valence-electron chi connectivity index (χ2n) is 4.50. The summed E-state index contributed by atoms with van der Waals surface area (Å²) < 4.78 is 0. The van der Waals surface area contributed by atoms with Gasteiger partial charge in [0.1, 0.15) is 11.6 Å². The fourth-order valence-corrected chi connectivity index (χ4v) is 2.78. The number of nitrogens with zero attached hydrogens (tertiary/aromatic N) is 1. The predicted molar refractivity (Wildman–Crippen MR) is 87.5 cm³/mol. The van der Waals surface area contributed by atoms with Gasteiger partial charge in [-0.3, -0.25) is 4.79 Å². The molecule has 1 aromatic carbocycles. The Morgan fingerprint density at radius 2 is 2.14 bits per heavy atom. The molecule has 0 aliphatic heterocycles. The molecule has 0 atom stereocenters. The fourth-order valence-electron chi connectivity index (χ4n) is 1.74. The molecule has 0 spiro atoms. The third-order valence-electron chi connectivity index (χ3n) is 3.06. The smallest absolute Gasteiger partial charge is 0.266 e. The molecule has 3 nitrogen and oxygen atoms in total. The summed E-state index contributed by atoms with van der Waals surface area (Å²) in [5, 5.41) is 14.4. The number of nitriles is 1. The van der Waals surface area contributed by atoms with Crippen LogP contribution >= 0.6 is 22.9 Å². The van der Waals surface area contributed by atoms with Crippen LogP contribution < -0.4 is 5.32 Å². The third kappa shape index (κ3) is 3.52. The maximum absolute atomic E-state index is 12.2. The minimum absolute atomic E-state index is 0.0694. The second kappa shape index (κ2) is 6.57. The van der Waals surface area contributed by atoms with Crippen LogP contribution in [-0.4, -0.2) is 5.91 Å². The second-order valence-corrected chi connectivity index (χ2v) is 5.86. The van der Waals surface area contributed by atoms with E-state index in [2.05, 4.69) is 5.32 Å². The molecule has 21 heavy (non-hydrogen) atoms. The zero-order valence-electron chi connectivity index (χ0n) is 11.6. The van der Waals surface area contributed by atoms with E-state index in [0.29, 0.717) is 10.7 Å². The number of halogens is 1. The molecule has 5 heteroatoms. The van der Waals surface area contributed by atoms with Gasteiger partial charge in [0.2, 0.25) is 0 Å². The van der Waals surface area contributed by atoms with Crippen molar-refractivity contribution in [2.45, 2.75) is 13.8 Å². The Morgan fingerprint density at radius 3 is 2.76 bits per heavy atom. The van der Waals surface area contributed by atoms with Gasteiger partial charge in [0.15, 0.2) is 0 Å². The lowest BCUT2D eigenvalue weighted by Crippen LogP contribution is -2.14. The number of carbonyl (C=O) groups excluding carboxylic acids is 1. The molecule has 0 bridgehead atoms. The van der Waals surface area contributed by atoms with Crippen molar-refractivity contribution in [1.82, 2.24) is 0 Å². The van der Waals surface area contributed by atoms with E-state index in [-0.39, 0.29) is 5.57 Å². The predicted octanol–water partition coefficient (Wildman–Crippen LogP) is 4.56. The van der Waals surface area contributed by atoms with Gasteiger partial charge < -0.3 is 5.32 Å². The van der Waals surface area contributed by atoms with E-state index in [9.17, 15) is 10.1 Å². The molecule has 1 aromatic heterocycles. The van der Waals surface area contributed by atoms with E-state index < -0.39 is 5.91 Å². The molecule has 106 valence electrons. The van der Waals surface area contributed by atoms with Crippen LogP contribution in [0.2, 0.25) is 5.02 Å². The summed E-state index contributed by atoms with van der Waals surface area (Å²) in [5.41, 5.74) is 2.49. The molecular weight excluding hydrogens is 304 g/mol. The maximum atomic E-state index is 12.2. The first-order chi connectivity index (χ1) is 10.0. The summed E-state index contributed by atoms with van der Waals surface area (Å²) in [6.07, 6.45) is 1.61. The lowest BCUT2D eigenvalue weighted by molar-refractivity contribution is -0.112. The van der Waals surface area contributed by atoms with Gasteiger partial charge >= 0.3 is 0 Å². The van der Waals surface area contributed by atoms with Gasteiger partial charge in [-0.15, -0.1) is 11.3 Å². The van der Waals surface area contributed by atoms with Crippen molar-refractivity contribution in [2.24, 2.45) is 0 Å². The lowest BCUT2D eigenvalue weighted by atomic mass is 10.1. The third-order valence-corrected chi connectivity index (χ3v) is 4.43. The molecule has 1 heterocycles. The quantitative estimate of drug-likeness (QED) is 0.666. The van der Waals surface area contributed by atoms with Crippen molar-refractivity contribution >= 4 is 40.6 Å². The van der Waals surface area contributed by atoms with Gasteiger partial charge in [0.05, 0.1) is 0 Å². The monoisotopic (exact) mass is 316 g/mol. The van der Waals surface area contributed by atoms with Crippen molar-refractivity contribution < 1.29 is 4.79 Å². The highest BCUT2D eigenvalue weighted by Gasteiger charge is 2.12. The number of carbonyl (C=O) groups is 1. The van der Waals surface area contributed by atoms with E-state index in [1.54, 1.807) is 24.3 Å². The lowest BCUT2D eigenvalue weighted by Gasteiger charge is -2.08. The van der Waals surface area contributed by atoms with E-state index in [4.69, 9.17) is 11.6 Å². The van der Waals surface area contributed by atoms with Crippen molar-refractivity contribution in [3.63, 3.8) is 0 Å². The van der Waals surface area contributed by atoms with Gasteiger partial charge in [0.25, 0.3) is 5.91 Å². The van der Waals surface area contributed by atoms with Crippen LogP contribution in [0.15, 0.2) is 35.2 Å². The van der Waals surface area contributed by atoms with Crippen LogP contribution in [0, 0.1) is 25.2 Å². The molecule has 0 radical (unpaired) electrons. The fraction of sp³-hybridized carbons (Fsp3) is 0.125. The first-order valence-electron chi connectivity index (χ1n) is 6.25. The molecule has 0 saturated carbocycles. The summed E-state index contributed by atoms with van der Waals surface area (Å²) in [4.78, 5) is 13.1. The highest BCUT2D eigenvalue weighted by Crippen LogP contribution is 2.24. The Bertz CT molecular complexity index is 756. The number of aryl methyl sites for hydroxylation is 1. The number of benzene rings is 1. The van der Waals surface area contributed by atoms with Gasteiger partial charge in [0, 0.05) is 15.6 Å². The van der Waals surface area contributed by atoms with Crippen molar-refractivity contribution in [3.05, 3.63) is 56.2 Å². The van der Waals surface area contributed by atoms with Gasteiger partial charge in [-0.05, 0) is 54.6 Å². The number of hydrogen-bond acceptors (Lipinski definition) is 3. The van der Waals surface area contributed by atoms with Crippen LogP contribution in [0.25, 0.3) is 6.08 Å². The van der Waals surface area contributed by atoms with Crippen LogP contribution in [-0.2, 0) is 4.79 Å². The number of hydrogen-bond donors (Lipinski definition) is 1. The first kappa shape index (κ1) is 15.3. The molecule has 0 aliphatic rings. The van der Waals surface area contributed by atoms with E-state index in [1.807, 2.05) is 31.4 Å². The first-order valence-corrected chi connectivity index (χ1v) is 7.51. The van der Waals surface area contributed by atoms with E-state index >= 15 is 0 Å². The Labute approximate surface area is 132 Å². The highest BCUT2D eigenvalue weighted by molar-refractivity contribution is 7.11. The topological polar surface area (TPSA) is 52.9 Å². The standard InChI is InChI=1S/C16H13ClN2OS/c1-10-6-7-21-15(10)8-12(9-18)16(20)19-14-5-3-4-13(17)11(14)2/h3-8H,1-2H3,(H,19,20). The molecular formula is C16H13ClN2OS. The Hall–Kier alpha value is -2.09.